The van der Waals surface area contributed by atoms with Crippen LogP contribution in [0.25, 0.3) is 0 Å². The molecule has 74 valence electrons. The van der Waals surface area contributed by atoms with Gasteiger partial charge in [-0.3, -0.25) is 0 Å². The molecule has 0 aromatic heterocycles. The Morgan fingerprint density at radius 1 is 0.917 bits per heavy atom. The Kier molecular flexibility index (Phi) is 11.9. The van der Waals surface area contributed by atoms with Gasteiger partial charge in [-0.1, -0.05) is 55.0 Å². The van der Waals surface area contributed by atoms with Crippen molar-refractivity contribution in [3.63, 3.8) is 0 Å². The van der Waals surface area contributed by atoms with Gasteiger partial charge in [0, 0.05) is 11.9 Å². The Hall–Kier alpha value is 0.440. The fourth-order valence-corrected chi connectivity index (χ4v) is 1.50. The molecule has 0 saturated carbocycles. The Bertz CT molecular complexity index is 66.2. The van der Waals surface area contributed by atoms with E-state index in [0.717, 1.165) is 11.9 Å². The predicted octanol–water partition coefficient (Wildman–Crippen LogP) is 3.33. The van der Waals surface area contributed by atoms with Crippen LogP contribution in [0.15, 0.2) is 0 Å². The molecule has 12 heavy (non-hydrogen) atoms. The number of nitrogens with one attached hydrogen (secondary N) is 1. The van der Waals surface area contributed by atoms with Gasteiger partial charge in [0.25, 0.3) is 0 Å². The number of hydrogen-bond donors (Lipinski definition) is 1. The van der Waals surface area contributed by atoms with Crippen LogP contribution in [-0.4, -0.2) is 18.4 Å². The first kappa shape index (κ1) is 12.4. The Labute approximate surface area is 85.4 Å². The monoisotopic (exact) mass is 235 g/mol. The van der Waals surface area contributed by atoms with Crippen LogP contribution in [0.2, 0.25) is 0 Å². The van der Waals surface area contributed by atoms with Crippen molar-refractivity contribution in [1.82, 2.24) is 5.32 Å². The maximum Gasteiger partial charge on any atom is 0.0157 e. The summed E-state index contributed by atoms with van der Waals surface area (Å²) in [6.07, 6.45) is 8.35. The summed E-state index contributed by atoms with van der Waals surface area (Å²) in [4.78, 5) is 0. The largest absolute Gasteiger partial charge is 0.316 e. The molecule has 0 atom stereocenters. The van der Waals surface area contributed by atoms with Crippen molar-refractivity contribution in [3.05, 3.63) is 0 Å². The lowest BCUT2D eigenvalue weighted by Gasteiger charge is -2.01. The third-order valence-corrected chi connectivity index (χ3v) is 2.37. The standard InChI is InChI=1S/C10H22BrN/c1-2-3-4-5-6-7-9-12-10-8-11/h12H,2-10H2,1H3. The van der Waals surface area contributed by atoms with Gasteiger partial charge >= 0.3 is 0 Å². The number of rotatable bonds is 9. The lowest BCUT2D eigenvalue weighted by atomic mass is 10.1. The van der Waals surface area contributed by atoms with Gasteiger partial charge in [-0.2, -0.15) is 0 Å². The fraction of sp³-hybridized carbons (Fsp3) is 1.00. The zero-order valence-corrected chi connectivity index (χ0v) is 9.83. The van der Waals surface area contributed by atoms with Crippen LogP contribution in [0.3, 0.4) is 0 Å². The molecule has 0 radical (unpaired) electrons. The maximum atomic E-state index is 3.39. The van der Waals surface area contributed by atoms with Crippen LogP contribution < -0.4 is 5.32 Å². The Morgan fingerprint density at radius 2 is 1.58 bits per heavy atom. The van der Waals surface area contributed by atoms with Gasteiger partial charge in [0.2, 0.25) is 0 Å². The lowest BCUT2D eigenvalue weighted by Crippen LogP contribution is -2.17. The molecular formula is C10H22BrN. The minimum Gasteiger partial charge on any atom is -0.316 e. The number of alkyl halides is 1. The summed E-state index contributed by atoms with van der Waals surface area (Å²) in [6.45, 7) is 4.56. The van der Waals surface area contributed by atoms with Crippen LogP contribution >= 0.6 is 15.9 Å². The molecule has 0 bridgehead atoms. The van der Waals surface area contributed by atoms with Gasteiger partial charge in [-0.05, 0) is 13.0 Å². The highest BCUT2D eigenvalue weighted by atomic mass is 79.9. The molecule has 1 N–H and O–H groups in total. The average Bonchev–Trinajstić information content (AvgIpc) is 2.10. The summed E-state index contributed by atoms with van der Waals surface area (Å²) in [5.74, 6) is 0. The molecule has 0 unspecified atom stereocenters. The quantitative estimate of drug-likeness (QED) is 0.478. The minimum atomic E-state index is 1.07. The summed E-state index contributed by atoms with van der Waals surface area (Å²) in [5.41, 5.74) is 0. The molecule has 0 heterocycles. The lowest BCUT2D eigenvalue weighted by molar-refractivity contribution is 0.581. The molecule has 0 fully saturated rings. The highest BCUT2D eigenvalue weighted by molar-refractivity contribution is 9.09. The van der Waals surface area contributed by atoms with E-state index in [1.54, 1.807) is 0 Å². The van der Waals surface area contributed by atoms with Crippen LogP contribution in [0, 0.1) is 0 Å². The van der Waals surface area contributed by atoms with E-state index in [1.807, 2.05) is 0 Å². The smallest absolute Gasteiger partial charge is 0.0157 e. The second kappa shape index (κ2) is 11.4. The van der Waals surface area contributed by atoms with Crippen LogP contribution in [0.4, 0.5) is 0 Å². The van der Waals surface area contributed by atoms with E-state index < -0.39 is 0 Å². The predicted molar refractivity (Wildman–Crippen MR) is 60.0 cm³/mol. The molecule has 0 aromatic rings. The van der Waals surface area contributed by atoms with E-state index in [4.69, 9.17) is 0 Å². The highest BCUT2D eigenvalue weighted by Crippen LogP contribution is 2.03. The first-order valence-corrected chi connectivity index (χ1v) is 6.30. The minimum absolute atomic E-state index is 1.07. The topological polar surface area (TPSA) is 12.0 Å². The van der Waals surface area contributed by atoms with E-state index in [2.05, 4.69) is 28.2 Å². The highest BCUT2D eigenvalue weighted by Gasteiger charge is 1.89. The molecule has 0 aliphatic carbocycles. The van der Waals surface area contributed by atoms with Crippen LogP contribution in [0.5, 0.6) is 0 Å². The van der Waals surface area contributed by atoms with Crippen molar-refractivity contribution in [3.8, 4) is 0 Å². The molecule has 0 amide bonds. The number of hydrogen-bond acceptors (Lipinski definition) is 1. The zero-order valence-electron chi connectivity index (χ0n) is 8.24. The van der Waals surface area contributed by atoms with E-state index >= 15 is 0 Å². The van der Waals surface area contributed by atoms with E-state index in [1.165, 1.54) is 45.1 Å². The van der Waals surface area contributed by atoms with E-state index in [-0.39, 0.29) is 0 Å². The van der Waals surface area contributed by atoms with Gasteiger partial charge in [0.15, 0.2) is 0 Å². The van der Waals surface area contributed by atoms with Crippen molar-refractivity contribution in [1.29, 1.82) is 0 Å². The summed E-state index contributed by atoms with van der Waals surface area (Å²) in [7, 11) is 0. The summed E-state index contributed by atoms with van der Waals surface area (Å²) < 4.78 is 0. The first-order chi connectivity index (χ1) is 5.91. The Morgan fingerprint density at radius 3 is 2.25 bits per heavy atom. The summed E-state index contributed by atoms with van der Waals surface area (Å²) in [6, 6.07) is 0. The third kappa shape index (κ3) is 10.4. The van der Waals surface area contributed by atoms with Gasteiger partial charge < -0.3 is 5.32 Å². The molecule has 1 nitrogen and oxygen atoms in total. The summed E-state index contributed by atoms with van der Waals surface area (Å²) >= 11 is 3.39. The van der Waals surface area contributed by atoms with E-state index in [9.17, 15) is 0 Å². The molecule has 0 aliphatic rings. The van der Waals surface area contributed by atoms with Crippen molar-refractivity contribution < 1.29 is 0 Å². The second-order valence-corrected chi connectivity index (χ2v) is 4.00. The van der Waals surface area contributed by atoms with Gasteiger partial charge in [-0.25, -0.2) is 0 Å². The number of halogens is 1. The average molecular weight is 236 g/mol. The summed E-state index contributed by atoms with van der Waals surface area (Å²) in [5, 5.41) is 4.45. The van der Waals surface area contributed by atoms with Crippen LogP contribution in [0.1, 0.15) is 45.4 Å². The van der Waals surface area contributed by atoms with Crippen molar-refractivity contribution >= 4 is 15.9 Å². The fourth-order valence-electron chi connectivity index (χ4n) is 1.22. The molecule has 2 heteroatoms. The molecule has 0 spiro atoms. The molecule has 0 rings (SSSR count). The maximum absolute atomic E-state index is 3.39. The van der Waals surface area contributed by atoms with Gasteiger partial charge in [0.05, 0.1) is 0 Å². The third-order valence-electron chi connectivity index (χ3n) is 1.98. The second-order valence-electron chi connectivity index (χ2n) is 3.21. The molecule has 0 aromatic carbocycles. The van der Waals surface area contributed by atoms with Crippen molar-refractivity contribution in [2.24, 2.45) is 0 Å². The van der Waals surface area contributed by atoms with Crippen LogP contribution in [-0.2, 0) is 0 Å². The SMILES string of the molecule is CCCCCCCCNCCBr. The van der Waals surface area contributed by atoms with Gasteiger partial charge in [0.1, 0.15) is 0 Å². The normalized spacial score (nSPS) is 10.5. The van der Waals surface area contributed by atoms with Crippen molar-refractivity contribution in [2.45, 2.75) is 45.4 Å². The number of unbranched alkanes of at least 4 members (excludes halogenated alkanes) is 5. The first-order valence-electron chi connectivity index (χ1n) is 5.18. The zero-order chi connectivity index (χ0) is 9.07. The molecule has 0 saturated heterocycles. The van der Waals surface area contributed by atoms with Gasteiger partial charge in [-0.15, -0.1) is 0 Å². The molecular weight excluding hydrogens is 214 g/mol. The Balaban J connectivity index is 2.73. The van der Waals surface area contributed by atoms with E-state index in [0.29, 0.717) is 0 Å². The van der Waals surface area contributed by atoms with Crippen molar-refractivity contribution in [2.75, 3.05) is 18.4 Å². The molecule has 0 aliphatic heterocycles.